The number of rotatable bonds is 5. The van der Waals surface area contributed by atoms with Crippen molar-refractivity contribution in [2.24, 2.45) is 0 Å². The maximum Gasteiger partial charge on any atom is 0.274 e. The lowest BCUT2D eigenvalue weighted by molar-refractivity contribution is 0.236. The highest BCUT2D eigenvalue weighted by Crippen LogP contribution is 2.24. The van der Waals surface area contributed by atoms with E-state index in [1.807, 2.05) is 0 Å². The Kier molecular flexibility index (Phi) is 4.49. The summed E-state index contributed by atoms with van der Waals surface area (Å²) in [6.07, 6.45) is 0. The van der Waals surface area contributed by atoms with Gasteiger partial charge in [-0.25, -0.2) is 13.1 Å². The van der Waals surface area contributed by atoms with E-state index in [2.05, 4.69) is 4.72 Å². The van der Waals surface area contributed by atoms with Crippen LogP contribution in [0.1, 0.15) is 24.3 Å². The summed E-state index contributed by atoms with van der Waals surface area (Å²) >= 11 is 6.03. The van der Waals surface area contributed by atoms with Crippen LogP contribution in [0.3, 0.4) is 0 Å². The zero-order chi connectivity index (χ0) is 14.8. The van der Waals surface area contributed by atoms with Crippen molar-refractivity contribution >= 4 is 21.6 Å². The van der Waals surface area contributed by atoms with Crippen molar-refractivity contribution in [3.8, 4) is 0 Å². The molecule has 1 aromatic heterocycles. The lowest BCUT2D eigenvalue weighted by Gasteiger charge is -2.14. The summed E-state index contributed by atoms with van der Waals surface area (Å²) < 4.78 is 31.8. The van der Waals surface area contributed by atoms with Gasteiger partial charge in [0.05, 0.1) is 0 Å². The Morgan fingerprint density at radius 1 is 1.30 bits per heavy atom. The van der Waals surface area contributed by atoms with E-state index in [0.717, 1.165) is 0 Å². The van der Waals surface area contributed by atoms with Gasteiger partial charge in [-0.3, -0.25) is 0 Å². The van der Waals surface area contributed by atoms with Crippen LogP contribution in [0.15, 0.2) is 45.9 Å². The molecular formula is C13H14ClNO4S. The quantitative estimate of drug-likeness (QED) is 0.888. The number of sulfonamides is 1. The Balaban J connectivity index is 2.22. The van der Waals surface area contributed by atoms with Gasteiger partial charge in [-0.15, -0.1) is 0 Å². The number of nitrogens with one attached hydrogen (secondary N) is 1. The smallest absolute Gasteiger partial charge is 0.274 e. The van der Waals surface area contributed by atoms with Gasteiger partial charge in [-0.1, -0.05) is 29.8 Å². The van der Waals surface area contributed by atoms with E-state index in [0.29, 0.717) is 10.6 Å². The van der Waals surface area contributed by atoms with Crippen LogP contribution in [-0.4, -0.2) is 13.5 Å². The molecule has 2 rings (SSSR count). The summed E-state index contributed by atoms with van der Waals surface area (Å²) in [5.74, 6) is 0.191. The first-order chi connectivity index (χ1) is 9.44. The number of aliphatic hydroxyl groups excluding tert-OH is 1. The summed E-state index contributed by atoms with van der Waals surface area (Å²) in [7, 11) is -3.80. The average molecular weight is 316 g/mol. The first-order valence-corrected chi connectivity index (χ1v) is 7.76. The fourth-order valence-electron chi connectivity index (χ4n) is 1.77. The summed E-state index contributed by atoms with van der Waals surface area (Å²) in [5, 5.41) is 9.14. The van der Waals surface area contributed by atoms with E-state index >= 15 is 0 Å². The molecule has 2 aromatic rings. The molecule has 0 spiro atoms. The number of hydrogen-bond donors (Lipinski definition) is 2. The van der Waals surface area contributed by atoms with Gasteiger partial charge in [0.1, 0.15) is 12.4 Å². The van der Waals surface area contributed by atoms with Crippen LogP contribution >= 0.6 is 11.6 Å². The van der Waals surface area contributed by atoms with Crippen LogP contribution in [0.2, 0.25) is 5.02 Å². The van der Waals surface area contributed by atoms with Crippen molar-refractivity contribution in [1.82, 2.24) is 4.72 Å². The van der Waals surface area contributed by atoms with Gasteiger partial charge >= 0.3 is 0 Å². The molecule has 0 aliphatic rings. The van der Waals surface area contributed by atoms with Crippen LogP contribution in [0.4, 0.5) is 0 Å². The molecule has 7 heteroatoms. The number of hydrogen-bond acceptors (Lipinski definition) is 4. The van der Waals surface area contributed by atoms with Crippen LogP contribution < -0.4 is 4.72 Å². The summed E-state index contributed by atoms with van der Waals surface area (Å²) in [6.45, 7) is 1.34. The van der Waals surface area contributed by atoms with Crippen molar-refractivity contribution < 1.29 is 17.9 Å². The predicted octanol–water partition coefficient (Wildman–Crippen LogP) is 2.46. The zero-order valence-corrected chi connectivity index (χ0v) is 12.3. The molecular weight excluding hydrogens is 302 g/mol. The van der Waals surface area contributed by atoms with E-state index in [1.165, 1.54) is 12.1 Å². The van der Waals surface area contributed by atoms with E-state index in [-0.39, 0.29) is 17.5 Å². The first-order valence-electron chi connectivity index (χ1n) is 5.90. The van der Waals surface area contributed by atoms with E-state index < -0.39 is 16.1 Å². The van der Waals surface area contributed by atoms with Crippen molar-refractivity contribution in [2.45, 2.75) is 24.7 Å². The molecule has 0 saturated heterocycles. The second-order valence-electron chi connectivity index (χ2n) is 4.24. The van der Waals surface area contributed by atoms with Gasteiger partial charge in [0.25, 0.3) is 10.0 Å². The maximum absolute atomic E-state index is 12.1. The molecule has 5 nitrogen and oxygen atoms in total. The Morgan fingerprint density at radius 3 is 2.60 bits per heavy atom. The number of aliphatic hydroxyl groups is 1. The Bertz CT molecular complexity index is 696. The highest BCUT2D eigenvalue weighted by atomic mass is 35.5. The molecule has 1 atom stereocenters. The van der Waals surface area contributed by atoms with Crippen molar-refractivity contribution in [3.05, 3.63) is 52.7 Å². The summed E-state index contributed by atoms with van der Waals surface area (Å²) in [4.78, 5) is 0. The third-order valence-electron chi connectivity index (χ3n) is 2.76. The highest BCUT2D eigenvalue weighted by molar-refractivity contribution is 7.89. The Morgan fingerprint density at radius 2 is 2.00 bits per heavy atom. The summed E-state index contributed by atoms with van der Waals surface area (Å²) in [6, 6.07) is 9.20. The average Bonchev–Trinajstić information content (AvgIpc) is 2.88. The van der Waals surface area contributed by atoms with Gasteiger partial charge in [-0.05, 0) is 30.7 Å². The number of furan rings is 1. The molecule has 108 valence electrons. The first kappa shape index (κ1) is 15.1. The second kappa shape index (κ2) is 5.97. The van der Waals surface area contributed by atoms with Gasteiger partial charge in [-0.2, -0.15) is 0 Å². The molecule has 0 amide bonds. The molecule has 20 heavy (non-hydrogen) atoms. The number of benzene rings is 1. The lowest BCUT2D eigenvalue weighted by Crippen LogP contribution is -2.26. The molecule has 0 saturated carbocycles. The van der Waals surface area contributed by atoms with E-state index in [4.69, 9.17) is 21.1 Å². The second-order valence-corrected chi connectivity index (χ2v) is 6.30. The van der Waals surface area contributed by atoms with Crippen LogP contribution in [-0.2, 0) is 16.6 Å². The Hall–Kier alpha value is -1.34. The molecule has 2 N–H and O–H groups in total. The van der Waals surface area contributed by atoms with E-state index in [1.54, 1.807) is 31.2 Å². The Labute approximate surface area is 122 Å². The monoisotopic (exact) mass is 315 g/mol. The summed E-state index contributed by atoms with van der Waals surface area (Å²) in [5.41, 5.74) is 0.673. The predicted molar refractivity (Wildman–Crippen MR) is 74.8 cm³/mol. The van der Waals surface area contributed by atoms with Gasteiger partial charge < -0.3 is 9.52 Å². The highest BCUT2D eigenvalue weighted by Gasteiger charge is 2.22. The minimum Gasteiger partial charge on any atom is -0.446 e. The normalized spacial score (nSPS) is 13.3. The van der Waals surface area contributed by atoms with Crippen molar-refractivity contribution in [3.63, 3.8) is 0 Å². The number of halogens is 1. The maximum atomic E-state index is 12.1. The molecule has 0 radical (unpaired) electrons. The SMILES string of the molecule is CC(NS(=O)(=O)c1ccc(CO)o1)c1ccccc1Cl. The molecule has 0 aliphatic heterocycles. The van der Waals surface area contributed by atoms with Gasteiger partial charge in [0.15, 0.2) is 0 Å². The van der Waals surface area contributed by atoms with Crippen LogP contribution in [0.5, 0.6) is 0 Å². The molecule has 0 fully saturated rings. The molecule has 0 aliphatic carbocycles. The standard InChI is InChI=1S/C13H14ClNO4S/c1-9(11-4-2-3-5-12(11)14)15-20(17,18)13-7-6-10(8-16)19-13/h2-7,9,15-16H,8H2,1H3. The fourth-order valence-corrected chi connectivity index (χ4v) is 3.24. The third-order valence-corrected chi connectivity index (χ3v) is 4.52. The minimum atomic E-state index is -3.80. The molecule has 1 aromatic carbocycles. The largest absolute Gasteiger partial charge is 0.446 e. The zero-order valence-electron chi connectivity index (χ0n) is 10.7. The fraction of sp³-hybridized carbons (Fsp3) is 0.231. The van der Waals surface area contributed by atoms with Gasteiger partial charge in [0.2, 0.25) is 5.09 Å². The van der Waals surface area contributed by atoms with Crippen LogP contribution in [0.25, 0.3) is 0 Å². The van der Waals surface area contributed by atoms with Crippen molar-refractivity contribution in [1.29, 1.82) is 0 Å². The van der Waals surface area contributed by atoms with E-state index in [9.17, 15) is 8.42 Å². The van der Waals surface area contributed by atoms with Crippen molar-refractivity contribution in [2.75, 3.05) is 0 Å². The molecule has 1 unspecified atom stereocenters. The van der Waals surface area contributed by atoms with Gasteiger partial charge in [0, 0.05) is 11.1 Å². The topological polar surface area (TPSA) is 79.5 Å². The molecule has 1 heterocycles. The lowest BCUT2D eigenvalue weighted by atomic mass is 10.1. The molecule has 0 bridgehead atoms. The minimum absolute atomic E-state index is 0.191. The van der Waals surface area contributed by atoms with Crippen LogP contribution in [0, 0.1) is 0 Å². The third kappa shape index (κ3) is 3.21.